The van der Waals surface area contributed by atoms with Gasteiger partial charge in [0.15, 0.2) is 0 Å². The van der Waals surface area contributed by atoms with Crippen molar-refractivity contribution in [1.29, 1.82) is 5.26 Å². The Bertz CT molecular complexity index is 1240. The summed E-state index contributed by atoms with van der Waals surface area (Å²) in [5, 5.41) is 9.53. The molecule has 3 aromatic rings. The molecule has 8 nitrogen and oxygen atoms in total. The Labute approximate surface area is 190 Å². The van der Waals surface area contributed by atoms with Crippen molar-refractivity contribution >= 4 is 34.4 Å². The highest BCUT2D eigenvalue weighted by Gasteiger charge is 2.49. The predicted octanol–water partition coefficient (Wildman–Crippen LogP) is 4.55. The lowest BCUT2D eigenvalue weighted by Crippen LogP contribution is -2.40. The van der Waals surface area contributed by atoms with Crippen LogP contribution in [0, 0.1) is 17.2 Å². The number of benzene rings is 1. The van der Waals surface area contributed by atoms with Crippen molar-refractivity contribution in [1.82, 2.24) is 14.5 Å². The number of hydrogen-bond acceptors (Lipinski definition) is 6. The number of halogens is 1. The number of pyridine rings is 1. The smallest absolute Gasteiger partial charge is 0.415 e. The van der Waals surface area contributed by atoms with Crippen molar-refractivity contribution in [2.75, 3.05) is 18.6 Å². The Hall–Kier alpha value is -3.31. The van der Waals surface area contributed by atoms with Gasteiger partial charge in [-0.25, -0.2) is 14.8 Å². The fourth-order valence-corrected chi connectivity index (χ4v) is 5.11. The first-order valence-corrected chi connectivity index (χ1v) is 10.9. The number of nitriles is 1. The van der Waals surface area contributed by atoms with Crippen molar-refractivity contribution in [3.8, 4) is 11.8 Å². The SMILES string of the molecule is COc1cc(Cl)ncc1N1C[C@@]2(CCC[C@H](Cn3cnc4ccc(C#N)cc43)C2)OC1=O. The number of amides is 1. The highest BCUT2D eigenvalue weighted by atomic mass is 35.5. The van der Waals surface area contributed by atoms with Crippen LogP contribution < -0.4 is 9.64 Å². The number of fused-ring (bicyclic) bond motifs is 1. The van der Waals surface area contributed by atoms with E-state index in [0.29, 0.717) is 34.6 Å². The van der Waals surface area contributed by atoms with Crippen molar-refractivity contribution in [2.24, 2.45) is 5.92 Å². The number of nitrogens with zero attached hydrogens (tertiary/aromatic N) is 5. The maximum atomic E-state index is 12.8. The summed E-state index contributed by atoms with van der Waals surface area (Å²) in [5.41, 5.74) is 2.45. The predicted molar refractivity (Wildman–Crippen MR) is 119 cm³/mol. The largest absolute Gasteiger partial charge is 0.494 e. The topological polar surface area (TPSA) is 93.3 Å². The molecule has 2 aliphatic rings. The number of imidazole rings is 1. The van der Waals surface area contributed by atoms with E-state index in [-0.39, 0.29) is 6.09 Å². The van der Waals surface area contributed by atoms with Gasteiger partial charge in [-0.3, -0.25) is 4.90 Å². The van der Waals surface area contributed by atoms with Crippen LogP contribution in [0.25, 0.3) is 11.0 Å². The zero-order valence-electron chi connectivity index (χ0n) is 17.6. The fourth-order valence-electron chi connectivity index (χ4n) is 4.97. The van der Waals surface area contributed by atoms with Crippen LogP contribution in [0.5, 0.6) is 5.75 Å². The van der Waals surface area contributed by atoms with E-state index in [9.17, 15) is 10.1 Å². The van der Waals surface area contributed by atoms with E-state index in [1.165, 1.54) is 7.11 Å². The molecule has 1 aromatic carbocycles. The highest BCUT2D eigenvalue weighted by Crippen LogP contribution is 2.43. The van der Waals surface area contributed by atoms with Crippen molar-refractivity contribution in [3.63, 3.8) is 0 Å². The minimum atomic E-state index is -0.543. The maximum absolute atomic E-state index is 12.8. The van der Waals surface area contributed by atoms with Crippen LogP contribution in [0.4, 0.5) is 10.5 Å². The minimum absolute atomic E-state index is 0.303. The van der Waals surface area contributed by atoms with Crippen LogP contribution in [0.2, 0.25) is 5.15 Å². The molecule has 1 aliphatic carbocycles. The second-order valence-electron chi connectivity index (χ2n) is 8.49. The Morgan fingerprint density at radius 2 is 2.25 bits per heavy atom. The lowest BCUT2D eigenvalue weighted by atomic mass is 9.78. The van der Waals surface area contributed by atoms with E-state index in [2.05, 4.69) is 20.6 Å². The summed E-state index contributed by atoms with van der Waals surface area (Å²) in [4.78, 5) is 23.0. The maximum Gasteiger partial charge on any atom is 0.415 e. The number of aromatic nitrogens is 3. The van der Waals surface area contributed by atoms with Gasteiger partial charge in [-0.05, 0) is 49.8 Å². The van der Waals surface area contributed by atoms with E-state index in [1.807, 2.05) is 18.5 Å². The second kappa shape index (κ2) is 7.99. The molecule has 5 rings (SSSR count). The molecule has 2 fully saturated rings. The Balaban J connectivity index is 1.36. The number of anilines is 1. The molecule has 0 bridgehead atoms. The minimum Gasteiger partial charge on any atom is -0.494 e. The van der Waals surface area contributed by atoms with E-state index in [1.54, 1.807) is 23.2 Å². The first-order chi connectivity index (χ1) is 15.5. The van der Waals surface area contributed by atoms with E-state index in [0.717, 1.165) is 43.3 Å². The number of hydrogen-bond donors (Lipinski definition) is 0. The van der Waals surface area contributed by atoms with E-state index >= 15 is 0 Å². The van der Waals surface area contributed by atoms with Gasteiger partial charge < -0.3 is 14.0 Å². The molecule has 9 heteroatoms. The zero-order chi connectivity index (χ0) is 22.3. The molecule has 0 radical (unpaired) electrons. The Morgan fingerprint density at radius 3 is 3.06 bits per heavy atom. The van der Waals surface area contributed by atoms with Gasteiger partial charge in [-0.1, -0.05) is 11.6 Å². The van der Waals surface area contributed by atoms with Gasteiger partial charge in [0.1, 0.15) is 22.2 Å². The molecular formula is C23H22ClN5O3. The van der Waals surface area contributed by atoms with Crippen LogP contribution in [-0.4, -0.2) is 39.9 Å². The summed E-state index contributed by atoms with van der Waals surface area (Å²) in [6.45, 7) is 1.21. The van der Waals surface area contributed by atoms with Gasteiger partial charge in [0.25, 0.3) is 0 Å². The summed E-state index contributed by atoms with van der Waals surface area (Å²) in [5.74, 6) is 0.814. The molecule has 164 valence electrons. The number of methoxy groups -OCH3 is 1. The lowest BCUT2D eigenvalue weighted by molar-refractivity contribution is 0.00439. The number of rotatable bonds is 4. The van der Waals surface area contributed by atoms with E-state index < -0.39 is 5.60 Å². The molecule has 0 unspecified atom stereocenters. The molecule has 2 atom stereocenters. The molecule has 2 aromatic heterocycles. The normalized spacial score (nSPS) is 22.8. The molecule has 32 heavy (non-hydrogen) atoms. The van der Waals surface area contributed by atoms with Crippen LogP contribution >= 0.6 is 11.6 Å². The highest BCUT2D eigenvalue weighted by molar-refractivity contribution is 6.29. The van der Waals surface area contributed by atoms with Gasteiger partial charge in [0.2, 0.25) is 0 Å². The third-order valence-electron chi connectivity index (χ3n) is 6.40. The monoisotopic (exact) mass is 451 g/mol. The van der Waals surface area contributed by atoms with Crippen molar-refractivity contribution in [3.05, 3.63) is 47.5 Å². The molecular weight excluding hydrogens is 430 g/mol. The number of carbonyl (C=O) groups excluding carboxylic acids is 1. The molecule has 3 heterocycles. The summed E-state index contributed by atoms with van der Waals surface area (Å²) >= 11 is 5.98. The fraction of sp³-hybridized carbons (Fsp3) is 0.391. The molecule has 1 aliphatic heterocycles. The molecule has 0 N–H and O–H groups in total. The molecule has 1 amide bonds. The number of carbonyl (C=O) groups is 1. The second-order valence-corrected chi connectivity index (χ2v) is 8.88. The third kappa shape index (κ3) is 3.63. The summed E-state index contributed by atoms with van der Waals surface area (Å²) < 4.78 is 13.5. The van der Waals surface area contributed by atoms with Crippen LogP contribution in [-0.2, 0) is 11.3 Å². The lowest BCUT2D eigenvalue weighted by Gasteiger charge is -2.36. The van der Waals surface area contributed by atoms with Gasteiger partial charge in [0.05, 0.1) is 48.8 Å². The van der Waals surface area contributed by atoms with Crippen LogP contribution in [0.1, 0.15) is 31.2 Å². The van der Waals surface area contributed by atoms with Crippen molar-refractivity contribution < 1.29 is 14.3 Å². The van der Waals surface area contributed by atoms with Crippen LogP contribution in [0.15, 0.2) is 36.8 Å². The van der Waals surface area contributed by atoms with Gasteiger partial charge >= 0.3 is 6.09 Å². The summed E-state index contributed by atoms with van der Waals surface area (Å²) in [6.07, 6.45) is 6.57. The summed E-state index contributed by atoms with van der Waals surface area (Å²) in [7, 11) is 1.54. The Morgan fingerprint density at radius 1 is 1.38 bits per heavy atom. The quantitative estimate of drug-likeness (QED) is 0.540. The first-order valence-electron chi connectivity index (χ1n) is 10.6. The van der Waals surface area contributed by atoms with Gasteiger partial charge in [-0.15, -0.1) is 0 Å². The van der Waals surface area contributed by atoms with E-state index in [4.69, 9.17) is 21.1 Å². The first kappa shape index (κ1) is 20.6. The van der Waals surface area contributed by atoms with Gasteiger partial charge in [-0.2, -0.15) is 5.26 Å². The average molecular weight is 452 g/mol. The molecule has 1 spiro atoms. The van der Waals surface area contributed by atoms with Crippen molar-refractivity contribution in [2.45, 2.75) is 37.8 Å². The molecule has 1 saturated heterocycles. The summed E-state index contributed by atoms with van der Waals surface area (Å²) in [6, 6.07) is 9.31. The standard InChI is InChI=1S/C23H22ClN5O3/c1-31-20-8-21(24)26-11-19(20)29-13-23(32-22(29)30)6-2-3-16(9-23)12-28-14-27-17-5-4-15(10-25)7-18(17)28/h4-5,7-8,11,14,16H,2-3,6,9,12-13H2,1H3/t16-,23-/m0/s1. The molecule has 1 saturated carbocycles. The zero-order valence-corrected chi connectivity index (χ0v) is 18.4. The number of ether oxygens (including phenoxy) is 2. The Kier molecular flexibility index (Phi) is 5.14. The average Bonchev–Trinajstić information content (AvgIpc) is 3.33. The third-order valence-corrected chi connectivity index (χ3v) is 6.61. The van der Waals surface area contributed by atoms with Crippen LogP contribution in [0.3, 0.4) is 0 Å². The van der Waals surface area contributed by atoms with Gasteiger partial charge in [0, 0.05) is 12.6 Å².